The van der Waals surface area contributed by atoms with E-state index >= 15 is 0 Å². The summed E-state index contributed by atoms with van der Waals surface area (Å²) < 4.78 is 37.9. The number of rotatable bonds is 3. The maximum atomic E-state index is 12.6. The lowest BCUT2D eigenvalue weighted by atomic mass is 9.94. The molecule has 3 heterocycles. The van der Waals surface area contributed by atoms with Crippen LogP contribution in [0, 0.1) is 5.92 Å². The summed E-state index contributed by atoms with van der Waals surface area (Å²) in [5.41, 5.74) is 0.920. The third kappa shape index (κ3) is 2.79. The number of hydrogen-bond donors (Lipinski definition) is 0. The van der Waals surface area contributed by atoms with Gasteiger partial charge in [-0.3, -0.25) is 4.79 Å². The van der Waals surface area contributed by atoms with Gasteiger partial charge in [-0.1, -0.05) is 0 Å². The molecule has 1 aromatic heterocycles. The van der Waals surface area contributed by atoms with Crippen LogP contribution in [0.3, 0.4) is 0 Å². The minimum absolute atomic E-state index is 0.0782. The fourth-order valence-corrected chi connectivity index (χ4v) is 2.72. The Hall–Kier alpha value is -1.86. The lowest BCUT2D eigenvalue weighted by molar-refractivity contribution is -0.168. The monoisotopic (exact) mass is 300 g/mol. The highest BCUT2D eigenvalue weighted by molar-refractivity contribution is 5.50. The number of halogens is 3. The molecule has 0 N–H and O–H groups in total. The topological polar surface area (TPSA) is 49.3 Å². The van der Waals surface area contributed by atoms with Crippen molar-refractivity contribution in [1.29, 1.82) is 0 Å². The zero-order valence-corrected chi connectivity index (χ0v) is 11.3. The fourth-order valence-electron chi connectivity index (χ4n) is 2.72. The lowest BCUT2D eigenvalue weighted by Crippen LogP contribution is -2.43. The summed E-state index contributed by atoms with van der Waals surface area (Å²) in [5.74, 6) is -0.726. The SMILES string of the molecule is O=CN1CC(c2cnc(N3CC[C@@H](C(F)(F)F)C3)nc2)C1. The van der Waals surface area contributed by atoms with Crippen molar-refractivity contribution in [3.05, 3.63) is 18.0 Å². The molecule has 1 atom stereocenters. The number of anilines is 1. The number of carbonyl (C=O) groups excluding carboxylic acids is 1. The maximum absolute atomic E-state index is 12.6. The minimum Gasteiger partial charge on any atom is -0.344 e. The van der Waals surface area contributed by atoms with Crippen LogP contribution in [0.2, 0.25) is 0 Å². The molecule has 0 aliphatic carbocycles. The molecule has 0 saturated carbocycles. The van der Waals surface area contributed by atoms with Gasteiger partial charge in [0.25, 0.3) is 0 Å². The Balaban J connectivity index is 1.62. The number of aromatic nitrogens is 2. The zero-order chi connectivity index (χ0) is 15.0. The molecule has 8 heteroatoms. The van der Waals surface area contributed by atoms with E-state index in [2.05, 4.69) is 9.97 Å². The van der Waals surface area contributed by atoms with E-state index in [9.17, 15) is 18.0 Å². The molecule has 2 saturated heterocycles. The van der Waals surface area contributed by atoms with Crippen molar-refractivity contribution < 1.29 is 18.0 Å². The van der Waals surface area contributed by atoms with Crippen molar-refractivity contribution in [3.63, 3.8) is 0 Å². The normalized spacial score (nSPS) is 23.3. The third-order valence-electron chi connectivity index (χ3n) is 4.12. The number of carbonyl (C=O) groups is 1. The van der Waals surface area contributed by atoms with Gasteiger partial charge in [-0.15, -0.1) is 0 Å². The Morgan fingerprint density at radius 1 is 1.19 bits per heavy atom. The van der Waals surface area contributed by atoms with E-state index in [0.29, 0.717) is 25.6 Å². The van der Waals surface area contributed by atoms with E-state index in [4.69, 9.17) is 0 Å². The maximum Gasteiger partial charge on any atom is 0.393 e. The quantitative estimate of drug-likeness (QED) is 0.792. The molecular weight excluding hydrogens is 285 g/mol. The van der Waals surface area contributed by atoms with E-state index in [0.717, 1.165) is 12.0 Å². The van der Waals surface area contributed by atoms with Crippen molar-refractivity contribution in [2.75, 3.05) is 31.1 Å². The predicted octanol–water partition coefficient (Wildman–Crippen LogP) is 1.42. The van der Waals surface area contributed by atoms with Gasteiger partial charge in [0, 0.05) is 44.5 Å². The van der Waals surface area contributed by atoms with Crippen LogP contribution in [0.4, 0.5) is 19.1 Å². The smallest absolute Gasteiger partial charge is 0.344 e. The second-order valence-corrected chi connectivity index (χ2v) is 5.55. The first kappa shape index (κ1) is 14.1. The van der Waals surface area contributed by atoms with E-state index in [1.807, 2.05) is 0 Å². The van der Waals surface area contributed by atoms with Gasteiger partial charge < -0.3 is 9.80 Å². The van der Waals surface area contributed by atoms with Gasteiger partial charge in [0.15, 0.2) is 0 Å². The highest BCUT2D eigenvalue weighted by Gasteiger charge is 2.44. The van der Waals surface area contributed by atoms with Crippen LogP contribution in [0.1, 0.15) is 17.9 Å². The molecule has 0 bridgehead atoms. The Bertz CT molecular complexity index is 513. The Labute approximate surface area is 119 Å². The molecule has 0 aromatic carbocycles. The molecule has 114 valence electrons. The van der Waals surface area contributed by atoms with E-state index in [1.54, 1.807) is 22.2 Å². The molecule has 21 heavy (non-hydrogen) atoms. The van der Waals surface area contributed by atoms with Crippen LogP contribution in [-0.2, 0) is 4.79 Å². The molecule has 1 amide bonds. The molecule has 5 nitrogen and oxygen atoms in total. The Kier molecular flexibility index (Phi) is 3.46. The van der Waals surface area contributed by atoms with Gasteiger partial charge in [-0.25, -0.2) is 9.97 Å². The third-order valence-corrected chi connectivity index (χ3v) is 4.12. The Morgan fingerprint density at radius 3 is 2.38 bits per heavy atom. The highest BCUT2D eigenvalue weighted by Crippen LogP contribution is 2.34. The molecule has 0 radical (unpaired) electrons. The fraction of sp³-hybridized carbons (Fsp3) is 0.615. The Morgan fingerprint density at radius 2 is 1.86 bits per heavy atom. The van der Waals surface area contributed by atoms with Gasteiger partial charge in [0.2, 0.25) is 12.4 Å². The van der Waals surface area contributed by atoms with E-state index in [-0.39, 0.29) is 18.9 Å². The van der Waals surface area contributed by atoms with Gasteiger partial charge in [-0.05, 0) is 12.0 Å². The summed E-state index contributed by atoms with van der Waals surface area (Å²) in [4.78, 5) is 22.1. The number of hydrogen-bond acceptors (Lipinski definition) is 4. The summed E-state index contributed by atoms with van der Waals surface area (Å²) >= 11 is 0. The molecular formula is C13H15F3N4O. The second kappa shape index (κ2) is 5.16. The van der Waals surface area contributed by atoms with Crippen LogP contribution in [0.15, 0.2) is 12.4 Å². The van der Waals surface area contributed by atoms with Gasteiger partial charge in [0.05, 0.1) is 5.92 Å². The highest BCUT2D eigenvalue weighted by atomic mass is 19.4. The average molecular weight is 300 g/mol. The molecule has 3 rings (SSSR count). The van der Waals surface area contributed by atoms with Gasteiger partial charge in [-0.2, -0.15) is 13.2 Å². The zero-order valence-electron chi connectivity index (χ0n) is 11.3. The number of alkyl halides is 3. The van der Waals surface area contributed by atoms with Crippen molar-refractivity contribution in [3.8, 4) is 0 Å². The molecule has 1 aromatic rings. The van der Waals surface area contributed by atoms with Crippen LogP contribution in [-0.4, -0.2) is 53.6 Å². The first-order chi connectivity index (χ1) is 9.97. The van der Waals surface area contributed by atoms with Crippen molar-refractivity contribution >= 4 is 12.4 Å². The standard InChI is InChI=1S/C13H15F3N4O/c14-13(15,16)11-1-2-20(7-11)12-17-3-9(4-18-12)10-5-19(6-10)8-21/h3-4,8,10-11H,1-2,5-7H2/t11-/m1/s1. The molecule has 2 aliphatic rings. The number of amides is 1. The van der Waals surface area contributed by atoms with Crippen LogP contribution < -0.4 is 4.90 Å². The number of nitrogens with zero attached hydrogens (tertiary/aromatic N) is 4. The van der Waals surface area contributed by atoms with E-state index in [1.165, 1.54) is 0 Å². The second-order valence-electron chi connectivity index (χ2n) is 5.55. The van der Waals surface area contributed by atoms with Crippen LogP contribution >= 0.6 is 0 Å². The van der Waals surface area contributed by atoms with Crippen molar-refractivity contribution in [2.45, 2.75) is 18.5 Å². The molecule has 2 aliphatic heterocycles. The predicted molar refractivity (Wildman–Crippen MR) is 68.8 cm³/mol. The minimum atomic E-state index is -4.15. The largest absolute Gasteiger partial charge is 0.393 e. The summed E-state index contributed by atoms with van der Waals surface area (Å²) in [6, 6.07) is 0. The van der Waals surface area contributed by atoms with E-state index < -0.39 is 12.1 Å². The van der Waals surface area contributed by atoms with Gasteiger partial charge in [0.1, 0.15) is 0 Å². The average Bonchev–Trinajstić information content (AvgIpc) is 2.88. The summed E-state index contributed by atoms with van der Waals surface area (Å²) in [5, 5.41) is 0. The number of likely N-dealkylation sites (tertiary alicyclic amines) is 1. The molecule has 0 spiro atoms. The first-order valence-corrected chi connectivity index (χ1v) is 6.80. The molecule has 2 fully saturated rings. The summed E-state index contributed by atoms with van der Waals surface area (Å²) in [7, 11) is 0. The lowest BCUT2D eigenvalue weighted by Gasteiger charge is -2.36. The van der Waals surface area contributed by atoms with Crippen molar-refractivity contribution in [1.82, 2.24) is 14.9 Å². The van der Waals surface area contributed by atoms with Crippen molar-refractivity contribution in [2.24, 2.45) is 5.92 Å². The summed E-state index contributed by atoms with van der Waals surface area (Å²) in [6.45, 7) is 1.54. The summed E-state index contributed by atoms with van der Waals surface area (Å²) in [6.07, 6.45) is 0.0315. The first-order valence-electron chi connectivity index (χ1n) is 6.80. The van der Waals surface area contributed by atoms with Crippen LogP contribution in [0.25, 0.3) is 0 Å². The molecule has 0 unspecified atom stereocenters. The van der Waals surface area contributed by atoms with Gasteiger partial charge >= 0.3 is 6.18 Å². The van der Waals surface area contributed by atoms with Crippen LogP contribution in [0.5, 0.6) is 0 Å².